The molecule has 10 heteroatoms. The highest BCUT2D eigenvalue weighted by Gasteiger charge is 2.41. The fourth-order valence-corrected chi connectivity index (χ4v) is 6.07. The van der Waals surface area contributed by atoms with Gasteiger partial charge in [-0.05, 0) is 66.2 Å². The molecule has 3 rings (SSSR count). The van der Waals surface area contributed by atoms with Crippen molar-refractivity contribution in [2.45, 2.75) is 90.7 Å². The minimum atomic E-state index is -1.25. The van der Waals surface area contributed by atoms with Crippen molar-refractivity contribution in [2.75, 3.05) is 13.7 Å². The summed E-state index contributed by atoms with van der Waals surface area (Å²) in [6.07, 6.45) is 3.30. The summed E-state index contributed by atoms with van der Waals surface area (Å²) in [4.78, 5) is 50.4. The van der Waals surface area contributed by atoms with Gasteiger partial charge < -0.3 is 25.2 Å². The van der Waals surface area contributed by atoms with E-state index in [1.165, 1.54) is 19.1 Å². The van der Waals surface area contributed by atoms with Crippen molar-refractivity contribution in [1.82, 2.24) is 10.6 Å². The quantitative estimate of drug-likeness (QED) is 0.122. The summed E-state index contributed by atoms with van der Waals surface area (Å²) in [6, 6.07) is 14.9. The third-order valence-electron chi connectivity index (χ3n) is 8.62. The molecule has 0 heterocycles. The Morgan fingerprint density at radius 1 is 1.02 bits per heavy atom. The first-order valence-corrected chi connectivity index (χ1v) is 16.6. The van der Waals surface area contributed by atoms with E-state index in [0.29, 0.717) is 41.4 Å². The molecule has 2 aromatic rings. The number of amides is 2. The number of ether oxygens (including phenoxy) is 2. The van der Waals surface area contributed by atoms with Gasteiger partial charge >= 0.3 is 11.9 Å². The number of aliphatic carboxylic acids is 1. The molecule has 1 fully saturated rings. The first-order chi connectivity index (χ1) is 21.9. The van der Waals surface area contributed by atoms with Gasteiger partial charge in [0.25, 0.3) is 0 Å². The Labute approximate surface area is 277 Å². The molecule has 0 aromatic heterocycles. The zero-order valence-corrected chi connectivity index (χ0v) is 28.3. The number of halogens is 1. The van der Waals surface area contributed by atoms with Crippen molar-refractivity contribution in [2.24, 2.45) is 23.7 Å². The summed E-state index contributed by atoms with van der Waals surface area (Å²) in [6.45, 7) is 7.45. The number of hydrogen-bond acceptors (Lipinski definition) is 6. The van der Waals surface area contributed by atoms with Gasteiger partial charge in [0, 0.05) is 19.4 Å². The molecule has 2 aromatic carbocycles. The lowest BCUT2D eigenvalue weighted by molar-refractivity contribution is -0.167. The van der Waals surface area contributed by atoms with Gasteiger partial charge in [0.05, 0.1) is 18.1 Å². The van der Waals surface area contributed by atoms with Crippen molar-refractivity contribution in [3.8, 4) is 5.75 Å². The van der Waals surface area contributed by atoms with Crippen LogP contribution < -0.4 is 15.4 Å². The molecule has 5 unspecified atom stereocenters. The first-order valence-electron chi connectivity index (χ1n) is 16.3. The van der Waals surface area contributed by atoms with E-state index in [2.05, 4.69) is 41.8 Å². The highest BCUT2D eigenvalue weighted by molar-refractivity contribution is 6.32. The number of unbranched alkanes of at least 4 members (excludes halogenated alkanes) is 1. The van der Waals surface area contributed by atoms with E-state index in [-0.39, 0.29) is 31.2 Å². The molecule has 0 radical (unpaired) electrons. The van der Waals surface area contributed by atoms with Gasteiger partial charge in [-0.1, -0.05) is 88.5 Å². The Hall–Kier alpha value is -3.59. The molecule has 0 bridgehead atoms. The van der Waals surface area contributed by atoms with Crippen LogP contribution in [0.1, 0.15) is 83.3 Å². The van der Waals surface area contributed by atoms with E-state index >= 15 is 0 Å². The standard InChI is InChI=1S/C36H49ClN2O7/c1-22(2)17-32(35(42)43)46-36(44)24(4)21-38-34(41)30(19-25-15-16-31(45-5)29(37)18-25)39-33(40)14-10-9-11-23(3)27-20-28(27)26-12-7-6-8-13-26/h6-8,12-13,15-16,18,22-24,27-28,30,32H,9-11,14,17,19-21H2,1-5H3,(H,38,41)(H,39,40)(H,42,43)/t23?,24?,27?,28?,30-,32?/m1/s1. The van der Waals surface area contributed by atoms with Crippen molar-refractivity contribution in [3.05, 3.63) is 64.7 Å². The smallest absolute Gasteiger partial charge is 0.345 e. The Kier molecular flexibility index (Phi) is 14.4. The number of methoxy groups -OCH3 is 1. The van der Waals surface area contributed by atoms with Crippen molar-refractivity contribution >= 4 is 35.4 Å². The topological polar surface area (TPSA) is 131 Å². The van der Waals surface area contributed by atoms with Gasteiger partial charge in [-0.15, -0.1) is 0 Å². The van der Waals surface area contributed by atoms with Crippen molar-refractivity contribution in [3.63, 3.8) is 0 Å². The monoisotopic (exact) mass is 656 g/mol. The molecule has 6 atom stereocenters. The van der Waals surface area contributed by atoms with Crippen LogP contribution in [-0.4, -0.2) is 54.7 Å². The number of carboxylic acids is 1. The van der Waals surface area contributed by atoms with Gasteiger partial charge in [0.1, 0.15) is 11.8 Å². The summed E-state index contributed by atoms with van der Waals surface area (Å²) >= 11 is 6.31. The van der Waals surface area contributed by atoms with Crippen LogP contribution in [-0.2, 0) is 30.3 Å². The second-order valence-corrected chi connectivity index (χ2v) is 13.4. The Bertz CT molecular complexity index is 1320. The highest BCUT2D eigenvalue weighted by atomic mass is 35.5. The van der Waals surface area contributed by atoms with Crippen LogP contribution in [0.5, 0.6) is 5.75 Å². The molecule has 9 nitrogen and oxygen atoms in total. The average Bonchev–Trinajstić information content (AvgIpc) is 3.82. The molecule has 1 aliphatic rings. The second-order valence-electron chi connectivity index (χ2n) is 13.0. The summed E-state index contributed by atoms with van der Waals surface area (Å²) in [5.74, 6) is -1.000. The van der Waals surface area contributed by atoms with Crippen LogP contribution >= 0.6 is 11.6 Å². The van der Waals surface area contributed by atoms with Gasteiger partial charge in [0.15, 0.2) is 6.10 Å². The van der Waals surface area contributed by atoms with Crippen LogP contribution in [0.15, 0.2) is 48.5 Å². The fourth-order valence-electron chi connectivity index (χ4n) is 5.79. The van der Waals surface area contributed by atoms with Crippen LogP contribution in [0.4, 0.5) is 0 Å². The molecular formula is C36H49ClN2O7. The maximum atomic E-state index is 13.3. The van der Waals surface area contributed by atoms with E-state index in [0.717, 1.165) is 18.4 Å². The van der Waals surface area contributed by atoms with Crippen molar-refractivity contribution in [1.29, 1.82) is 0 Å². The number of hydrogen-bond donors (Lipinski definition) is 3. The van der Waals surface area contributed by atoms with E-state index < -0.39 is 35.9 Å². The summed E-state index contributed by atoms with van der Waals surface area (Å²) in [5, 5.41) is 15.4. The molecule has 0 aliphatic heterocycles. The van der Waals surface area contributed by atoms with E-state index in [1.807, 2.05) is 19.9 Å². The van der Waals surface area contributed by atoms with E-state index in [4.69, 9.17) is 21.1 Å². The minimum Gasteiger partial charge on any atom is -0.495 e. The first kappa shape index (κ1) is 36.9. The molecule has 0 saturated heterocycles. The molecule has 3 N–H and O–H groups in total. The summed E-state index contributed by atoms with van der Waals surface area (Å²) in [7, 11) is 1.51. The molecule has 1 saturated carbocycles. The predicted molar refractivity (Wildman–Crippen MR) is 178 cm³/mol. The molecule has 0 spiro atoms. The Morgan fingerprint density at radius 3 is 2.37 bits per heavy atom. The Balaban J connectivity index is 1.53. The lowest BCUT2D eigenvalue weighted by atomic mass is 9.95. The third kappa shape index (κ3) is 11.6. The number of carbonyl (C=O) groups is 4. The predicted octanol–water partition coefficient (Wildman–Crippen LogP) is 6.17. The molecule has 1 aliphatic carbocycles. The van der Waals surface area contributed by atoms with E-state index in [1.54, 1.807) is 25.1 Å². The third-order valence-corrected chi connectivity index (χ3v) is 8.92. The lowest BCUT2D eigenvalue weighted by Gasteiger charge is -2.21. The zero-order chi connectivity index (χ0) is 33.8. The SMILES string of the molecule is COc1ccc(C[C@@H](NC(=O)CCCCC(C)C2CC2c2ccccc2)C(=O)NCC(C)C(=O)OC(CC(C)C)C(=O)O)cc1Cl. The number of esters is 1. The lowest BCUT2D eigenvalue weighted by Crippen LogP contribution is -2.49. The largest absolute Gasteiger partial charge is 0.495 e. The van der Waals surface area contributed by atoms with Gasteiger partial charge in [-0.25, -0.2) is 4.79 Å². The molecule has 2 amide bonds. The molecule has 252 valence electrons. The maximum absolute atomic E-state index is 13.3. The van der Waals surface area contributed by atoms with Crippen LogP contribution in [0.3, 0.4) is 0 Å². The van der Waals surface area contributed by atoms with Gasteiger partial charge in [0.2, 0.25) is 11.8 Å². The second kappa shape index (κ2) is 17.9. The van der Waals surface area contributed by atoms with Crippen LogP contribution in [0.25, 0.3) is 0 Å². The summed E-state index contributed by atoms with van der Waals surface area (Å²) < 4.78 is 10.4. The van der Waals surface area contributed by atoms with E-state index in [9.17, 15) is 24.3 Å². The number of carbonyl (C=O) groups excluding carboxylic acids is 3. The normalized spacial score (nSPS) is 18.2. The number of nitrogens with one attached hydrogen (secondary N) is 2. The van der Waals surface area contributed by atoms with Gasteiger partial charge in [-0.2, -0.15) is 0 Å². The minimum absolute atomic E-state index is 0.0216. The van der Waals surface area contributed by atoms with Gasteiger partial charge in [-0.3, -0.25) is 14.4 Å². The average molecular weight is 657 g/mol. The van der Waals surface area contributed by atoms with Crippen molar-refractivity contribution < 1.29 is 33.8 Å². The zero-order valence-electron chi connectivity index (χ0n) is 27.6. The Morgan fingerprint density at radius 2 is 1.74 bits per heavy atom. The van der Waals surface area contributed by atoms with Crippen LogP contribution in [0.2, 0.25) is 5.02 Å². The molecular weight excluding hydrogens is 608 g/mol. The fraction of sp³-hybridized carbons (Fsp3) is 0.556. The number of benzene rings is 2. The number of carboxylic acid groups (broad SMARTS) is 1. The van der Waals surface area contributed by atoms with Crippen LogP contribution in [0, 0.1) is 23.7 Å². The summed E-state index contributed by atoms with van der Waals surface area (Å²) in [5.41, 5.74) is 2.13. The maximum Gasteiger partial charge on any atom is 0.345 e. The molecule has 46 heavy (non-hydrogen) atoms. The number of rotatable bonds is 19. The highest BCUT2D eigenvalue weighted by Crippen LogP contribution is 2.52.